The molecule has 0 atom stereocenters. The third kappa shape index (κ3) is 2.99. The van der Waals surface area contributed by atoms with Crippen molar-refractivity contribution in [2.45, 2.75) is 32.7 Å². The summed E-state index contributed by atoms with van der Waals surface area (Å²) in [6, 6.07) is 9.98. The first-order valence-corrected chi connectivity index (χ1v) is 6.56. The van der Waals surface area contributed by atoms with E-state index in [0.717, 1.165) is 29.5 Å². The van der Waals surface area contributed by atoms with Gasteiger partial charge in [0, 0.05) is 18.0 Å². The monoisotopic (exact) mass is 244 g/mol. The van der Waals surface area contributed by atoms with E-state index in [1.807, 2.05) is 30.3 Å². The Labute approximate surface area is 108 Å². The highest BCUT2D eigenvalue weighted by Gasteiger charge is 2.04. The minimum atomic E-state index is 0.508. The summed E-state index contributed by atoms with van der Waals surface area (Å²) >= 11 is 0. The van der Waals surface area contributed by atoms with Crippen LogP contribution >= 0.6 is 0 Å². The summed E-state index contributed by atoms with van der Waals surface area (Å²) in [5.41, 5.74) is 7.82. The van der Waals surface area contributed by atoms with Gasteiger partial charge in [0.15, 0.2) is 0 Å². The molecule has 2 aromatic rings. The predicted molar refractivity (Wildman–Crippen MR) is 74.7 cm³/mol. The number of nitrogens with zero attached hydrogens (tertiary/aromatic N) is 1. The van der Waals surface area contributed by atoms with Gasteiger partial charge in [-0.3, -0.25) is 0 Å². The number of fused-ring (bicyclic) bond motifs is 1. The third-order valence-electron chi connectivity index (χ3n) is 3.00. The average Bonchev–Trinajstić information content (AvgIpc) is 2.42. The fourth-order valence-corrected chi connectivity index (χ4v) is 1.99. The number of hydrogen-bond donors (Lipinski definition) is 1. The molecule has 0 aliphatic carbocycles. The smallest absolute Gasteiger partial charge is 0.214 e. The lowest BCUT2D eigenvalue weighted by Crippen LogP contribution is -2.03. The van der Waals surface area contributed by atoms with Crippen molar-refractivity contribution in [1.29, 1.82) is 0 Å². The van der Waals surface area contributed by atoms with Crippen LogP contribution in [0.25, 0.3) is 10.9 Å². The van der Waals surface area contributed by atoms with E-state index in [0.29, 0.717) is 12.4 Å². The minimum absolute atomic E-state index is 0.508. The molecule has 3 heteroatoms. The molecule has 2 rings (SSSR count). The zero-order valence-electron chi connectivity index (χ0n) is 10.9. The number of hydrogen-bond acceptors (Lipinski definition) is 3. The summed E-state index contributed by atoms with van der Waals surface area (Å²) < 4.78 is 5.69. The van der Waals surface area contributed by atoms with Gasteiger partial charge >= 0.3 is 0 Å². The molecule has 0 aliphatic rings. The maximum absolute atomic E-state index is 5.78. The van der Waals surface area contributed by atoms with Crippen molar-refractivity contribution < 1.29 is 4.74 Å². The van der Waals surface area contributed by atoms with E-state index >= 15 is 0 Å². The van der Waals surface area contributed by atoms with Crippen LogP contribution in [0.4, 0.5) is 0 Å². The number of rotatable bonds is 6. The van der Waals surface area contributed by atoms with Crippen molar-refractivity contribution in [2.24, 2.45) is 5.73 Å². The van der Waals surface area contributed by atoms with Crippen LogP contribution < -0.4 is 10.5 Å². The summed E-state index contributed by atoms with van der Waals surface area (Å²) in [6.07, 6.45) is 3.46. The number of unbranched alkanes of at least 4 members (excludes halogenated alkanes) is 2. The van der Waals surface area contributed by atoms with Crippen LogP contribution in [0, 0.1) is 0 Å². The van der Waals surface area contributed by atoms with E-state index in [1.54, 1.807) is 0 Å². The van der Waals surface area contributed by atoms with Crippen molar-refractivity contribution in [3.05, 3.63) is 35.9 Å². The van der Waals surface area contributed by atoms with Crippen molar-refractivity contribution in [3.63, 3.8) is 0 Å². The molecule has 0 saturated carbocycles. The van der Waals surface area contributed by atoms with E-state index in [9.17, 15) is 0 Å². The molecule has 1 heterocycles. The fraction of sp³-hybridized carbons (Fsp3) is 0.400. The van der Waals surface area contributed by atoms with Crippen molar-refractivity contribution >= 4 is 10.9 Å². The Morgan fingerprint density at radius 1 is 1.22 bits per heavy atom. The second-order valence-corrected chi connectivity index (χ2v) is 4.40. The molecule has 0 amide bonds. The number of ether oxygens (including phenoxy) is 1. The quantitative estimate of drug-likeness (QED) is 0.793. The molecule has 0 saturated heterocycles. The molecule has 0 unspecified atom stereocenters. The molecule has 96 valence electrons. The second-order valence-electron chi connectivity index (χ2n) is 4.40. The highest BCUT2D eigenvalue weighted by molar-refractivity contribution is 5.82. The Hall–Kier alpha value is -1.61. The minimum Gasteiger partial charge on any atom is -0.478 e. The summed E-state index contributed by atoms with van der Waals surface area (Å²) in [7, 11) is 0. The van der Waals surface area contributed by atoms with E-state index in [-0.39, 0.29) is 0 Å². The Kier molecular flexibility index (Phi) is 4.53. The normalized spacial score (nSPS) is 10.8. The molecule has 3 nitrogen and oxygen atoms in total. The zero-order chi connectivity index (χ0) is 12.8. The highest BCUT2D eigenvalue weighted by atomic mass is 16.5. The molecule has 2 N–H and O–H groups in total. The average molecular weight is 244 g/mol. The van der Waals surface area contributed by atoms with Crippen LogP contribution in [0.5, 0.6) is 5.88 Å². The van der Waals surface area contributed by atoms with Crippen LogP contribution in [0.3, 0.4) is 0 Å². The summed E-state index contributed by atoms with van der Waals surface area (Å²) in [5, 5.41) is 1.11. The number of pyridine rings is 1. The Bertz CT molecular complexity index is 511. The van der Waals surface area contributed by atoms with Gasteiger partial charge in [-0.15, -0.1) is 0 Å². The maximum Gasteiger partial charge on any atom is 0.214 e. The van der Waals surface area contributed by atoms with Gasteiger partial charge in [0.2, 0.25) is 5.88 Å². The first-order valence-electron chi connectivity index (χ1n) is 6.56. The number of aromatic nitrogens is 1. The molecule has 1 aromatic heterocycles. The maximum atomic E-state index is 5.78. The first-order chi connectivity index (χ1) is 8.85. The lowest BCUT2D eigenvalue weighted by molar-refractivity contribution is 0.295. The molecule has 0 aliphatic heterocycles. The number of para-hydroxylation sites is 1. The van der Waals surface area contributed by atoms with Crippen LogP contribution in [-0.4, -0.2) is 11.6 Å². The van der Waals surface area contributed by atoms with Crippen LogP contribution in [0.1, 0.15) is 31.7 Å². The Morgan fingerprint density at radius 3 is 2.83 bits per heavy atom. The molecule has 18 heavy (non-hydrogen) atoms. The van der Waals surface area contributed by atoms with Crippen molar-refractivity contribution in [2.75, 3.05) is 6.61 Å². The topological polar surface area (TPSA) is 48.1 Å². The van der Waals surface area contributed by atoms with Gasteiger partial charge in [0.1, 0.15) is 0 Å². The van der Waals surface area contributed by atoms with Gasteiger partial charge in [0.05, 0.1) is 12.1 Å². The van der Waals surface area contributed by atoms with Gasteiger partial charge in [-0.05, 0) is 18.1 Å². The van der Waals surface area contributed by atoms with E-state index < -0.39 is 0 Å². The van der Waals surface area contributed by atoms with Crippen LogP contribution in [0.2, 0.25) is 0 Å². The van der Waals surface area contributed by atoms with Crippen molar-refractivity contribution in [1.82, 2.24) is 4.98 Å². The summed E-state index contributed by atoms with van der Waals surface area (Å²) in [4.78, 5) is 4.50. The molecule has 0 spiro atoms. The molecule has 0 radical (unpaired) electrons. The van der Waals surface area contributed by atoms with Crippen molar-refractivity contribution in [3.8, 4) is 5.88 Å². The predicted octanol–water partition coefficient (Wildman–Crippen LogP) is 3.26. The zero-order valence-corrected chi connectivity index (χ0v) is 10.9. The lowest BCUT2D eigenvalue weighted by Gasteiger charge is -2.09. The second kappa shape index (κ2) is 6.36. The highest BCUT2D eigenvalue weighted by Crippen LogP contribution is 2.21. The Balaban J connectivity index is 2.18. The lowest BCUT2D eigenvalue weighted by atomic mass is 10.1. The first kappa shape index (κ1) is 12.8. The summed E-state index contributed by atoms with van der Waals surface area (Å²) in [6.45, 7) is 3.42. The molecular weight excluding hydrogens is 224 g/mol. The number of benzene rings is 1. The summed E-state index contributed by atoms with van der Waals surface area (Å²) in [5.74, 6) is 0.685. The van der Waals surface area contributed by atoms with E-state index in [4.69, 9.17) is 10.5 Å². The van der Waals surface area contributed by atoms with E-state index in [2.05, 4.69) is 11.9 Å². The molecule has 0 fully saturated rings. The standard InChI is InChI=1S/C15H20N2O/c1-2-3-6-9-18-15-10-12(11-16)13-7-4-5-8-14(13)17-15/h4-5,7-8,10H,2-3,6,9,11,16H2,1H3. The Morgan fingerprint density at radius 2 is 2.06 bits per heavy atom. The van der Waals surface area contributed by atoms with Gasteiger partial charge in [-0.1, -0.05) is 38.0 Å². The SMILES string of the molecule is CCCCCOc1cc(CN)c2ccccc2n1. The fourth-order valence-electron chi connectivity index (χ4n) is 1.99. The van der Waals surface area contributed by atoms with Crippen LogP contribution in [0.15, 0.2) is 30.3 Å². The van der Waals surface area contributed by atoms with Gasteiger partial charge in [-0.2, -0.15) is 0 Å². The van der Waals surface area contributed by atoms with Gasteiger partial charge < -0.3 is 10.5 Å². The molecular formula is C15H20N2O. The molecule has 0 bridgehead atoms. The molecule has 1 aromatic carbocycles. The van der Waals surface area contributed by atoms with E-state index in [1.165, 1.54) is 12.8 Å². The third-order valence-corrected chi connectivity index (χ3v) is 3.00. The van der Waals surface area contributed by atoms with Crippen LogP contribution in [-0.2, 0) is 6.54 Å². The van der Waals surface area contributed by atoms with Gasteiger partial charge in [0.25, 0.3) is 0 Å². The largest absolute Gasteiger partial charge is 0.478 e. The van der Waals surface area contributed by atoms with Gasteiger partial charge in [-0.25, -0.2) is 4.98 Å². The number of nitrogens with two attached hydrogens (primary N) is 1.